The molecule has 2 aromatic rings. The van der Waals surface area contributed by atoms with Crippen molar-refractivity contribution in [2.24, 2.45) is 0 Å². The van der Waals surface area contributed by atoms with Gasteiger partial charge in [-0.15, -0.1) is 0 Å². The van der Waals surface area contributed by atoms with Crippen LogP contribution in [0.3, 0.4) is 0 Å². The fourth-order valence-electron chi connectivity index (χ4n) is 2.95. The molecule has 0 aromatic carbocycles. The lowest BCUT2D eigenvalue weighted by molar-refractivity contribution is -0.0480. The Morgan fingerprint density at radius 1 is 1.36 bits per heavy atom. The van der Waals surface area contributed by atoms with Gasteiger partial charge in [0.1, 0.15) is 23.9 Å². The van der Waals surface area contributed by atoms with E-state index < -0.39 is 24.6 Å². The summed E-state index contributed by atoms with van der Waals surface area (Å²) < 4.78 is 17.7. The topological polar surface area (TPSA) is 125 Å². The maximum atomic E-state index is 11.4. The number of anilines is 1. The van der Waals surface area contributed by atoms with Crippen molar-refractivity contribution in [3.8, 4) is 6.07 Å². The average molecular weight is 301 g/mol. The number of nitrogens with two attached hydrogens (primary N) is 1. The fraction of sp³-hybridized carbons (Fsp3) is 0.385. The molecule has 0 radical (unpaired) electrons. The number of fused-ring (bicyclic) bond motifs is 2. The van der Waals surface area contributed by atoms with Crippen molar-refractivity contribution in [1.82, 2.24) is 14.5 Å². The molecule has 2 unspecified atom stereocenters. The third-order valence-electron chi connectivity index (χ3n) is 3.92. The standard InChI is InChI=1S/C13H11N5O4/c1-5-8-9(22-13(19)21-8)12(20-5)18-3-6(2-14)7-10(15)16-4-17-11(7)18/h3-5,8-9,12H,1H3,(H2,15,16,17)/t5?,8-,9-,12?/m1/s1. The summed E-state index contributed by atoms with van der Waals surface area (Å²) in [5.74, 6) is 0.211. The lowest BCUT2D eigenvalue weighted by Gasteiger charge is -2.17. The first-order chi connectivity index (χ1) is 10.6. The molecule has 0 bridgehead atoms. The first-order valence-corrected chi connectivity index (χ1v) is 6.64. The van der Waals surface area contributed by atoms with Crippen molar-refractivity contribution in [2.45, 2.75) is 31.5 Å². The van der Waals surface area contributed by atoms with Crippen molar-refractivity contribution in [1.29, 1.82) is 5.26 Å². The summed E-state index contributed by atoms with van der Waals surface area (Å²) in [6, 6.07) is 2.06. The van der Waals surface area contributed by atoms with Gasteiger partial charge in [-0.1, -0.05) is 0 Å². The van der Waals surface area contributed by atoms with Crippen LogP contribution in [0.1, 0.15) is 18.7 Å². The Balaban J connectivity index is 1.87. The molecule has 0 aliphatic carbocycles. The summed E-state index contributed by atoms with van der Waals surface area (Å²) in [7, 11) is 0. The molecule has 4 rings (SSSR count). The zero-order valence-corrected chi connectivity index (χ0v) is 11.5. The summed E-state index contributed by atoms with van der Waals surface area (Å²) in [4.78, 5) is 19.4. The predicted molar refractivity (Wildman–Crippen MR) is 71.4 cm³/mol. The van der Waals surface area contributed by atoms with Crippen LogP contribution >= 0.6 is 0 Å². The number of nitrogen functional groups attached to an aromatic ring is 1. The minimum absolute atomic E-state index is 0.211. The van der Waals surface area contributed by atoms with Crippen molar-refractivity contribution < 1.29 is 19.0 Å². The first kappa shape index (κ1) is 12.8. The van der Waals surface area contributed by atoms with Crippen LogP contribution in [0.2, 0.25) is 0 Å². The lowest BCUT2D eigenvalue weighted by Crippen LogP contribution is -2.27. The molecule has 112 valence electrons. The molecule has 9 heteroatoms. The second kappa shape index (κ2) is 4.32. The highest BCUT2D eigenvalue weighted by atomic mass is 16.8. The minimum Gasteiger partial charge on any atom is -0.424 e. The van der Waals surface area contributed by atoms with Gasteiger partial charge in [0, 0.05) is 6.20 Å². The normalized spacial score (nSPS) is 29.9. The van der Waals surface area contributed by atoms with Crippen molar-refractivity contribution in [3.05, 3.63) is 18.1 Å². The quantitative estimate of drug-likeness (QED) is 0.763. The molecule has 4 atom stereocenters. The van der Waals surface area contributed by atoms with E-state index in [1.165, 1.54) is 6.33 Å². The van der Waals surface area contributed by atoms with Crippen LogP contribution < -0.4 is 5.73 Å². The van der Waals surface area contributed by atoms with E-state index in [1.54, 1.807) is 17.7 Å². The number of hydrogen-bond acceptors (Lipinski definition) is 8. The minimum atomic E-state index is -0.721. The van der Waals surface area contributed by atoms with Crippen LogP contribution in [0.25, 0.3) is 11.0 Å². The largest absolute Gasteiger partial charge is 0.509 e. The second-order valence-electron chi connectivity index (χ2n) is 5.17. The Hall–Kier alpha value is -2.86. The summed E-state index contributed by atoms with van der Waals surface area (Å²) >= 11 is 0. The van der Waals surface area contributed by atoms with E-state index in [-0.39, 0.29) is 11.9 Å². The summed E-state index contributed by atoms with van der Waals surface area (Å²) in [5, 5.41) is 9.73. The van der Waals surface area contributed by atoms with E-state index in [4.69, 9.17) is 19.9 Å². The van der Waals surface area contributed by atoms with E-state index in [0.717, 1.165) is 0 Å². The number of hydrogen-bond donors (Lipinski definition) is 1. The molecule has 9 nitrogen and oxygen atoms in total. The fourth-order valence-corrected chi connectivity index (χ4v) is 2.95. The highest BCUT2D eigenvalue weighted by Crippen LogP contribution is 2.40. The Bertz CT molecular complexity index is 826. The van der Waals surface area contributed by atoms with E-state index in [1.807, 2.05) is 0 Å². The number of carbonyl (C=O) groups is 1. The molecule has 0 amide bonds. The highest BCUT2D eigenvalue weighted by Gasteiger charge is 2.53. The van der Waals surface area contributed by atoms with E-state index in [0.29, 0.717) is 16.6 Å². The monoisotopic (exact) mass is 301 g/mol. The molecular formula is C13H11N5O4. The molecule has 2 saturated heterocycles. The van der Waals surface area contributed by atoms with Gasteiger partial charge in [-0.2, -0.15) is 5.26 Å². The third-order valence-corrected chi connectivity index (χ3v) is 3.92. The zero-order valence-electron chi connectivity index (χ0n) is 11.5. The van der Waals surface area contributed by atoms with Crippen molar-refractivity contribution in [3.63, 3.8) is 0 Å². The number of ether oxygens (including phenoxy) is 3. The summed E-state index contributed by atoms with van der Waals surface area (Å²) in [5.41, 5.74) is 6.61. The van der Waals surface area contributed by atoms with Crippen molar-refractivity contribution in [2.75, 3.05) is 5.73 Å². The molecule has 0 spiro atoms. The Kier molecular flexibility index (Phi) is 2.52. The van der Waals surface area contributed by atoms with Gasteiger partial charge in [0.2, 0.25) is 0 Å². The number of nitrogens with zero attached hydrogens (tertiary/aromatic N) is 4. The van der Waals surface area contributed by atoms with Gasteiger partial charge in [-0.25, -0.2) is 14.8 Å². The Morgan fingerprint density at radius 3 is 2.91 bits per heavy atom. The molecule has 2 N–H and O–H groups in total. The average Bonchev–Trinajstić information content (AvgIpc) is 3.13. The van der Waals surface area contributed by atoms with Crippen LogP contribution in [0.5, 0.6) is 0 Å². The van der Waals surface area contributed by atoms with Crippen LogP contribution in [0.4, 0.5) is 10.6 Å². The number of aromatic nitrogens is 3. The molecule has 2 aromatic heterocycles. The molecule has 4 heterocycles. The maximum Gasteiger partial charge on any atom is 0.509 e. The predicted octanol–water partition coefficient (Wildman–Crippen LogP) is 0.706. The van der Waals surface area contributed by atoms with E-state index in [2.05, 4.69) is 16.0 Å². The number of carbonyl (C=O) groups excluding carboxylic acids is 1. The van der Waals surface area contributed by atoms with Gasteiger partial charge >= 0.3 is 6.16 Å². The lowest BCUT2D eigenvalue weighted by atomic mass is 10.1. The Labute approximate surface area is 124 Å². The van der Waals surface area contributed by atoms with E-state index >= 15 is 0 Å². The number of nitriles is 1. The smallest absolute Gasteiger partial charge is 0.424 e. The maximum absolute atomic E-state index is 11.4. The van der Waals surface area contributed by atoms with Crippen LogP contribution in [0.15, 0.2) is 12.5 Å². The van der Waals surface area contributed by atoms with Gasteiger partial charge in [-0.3, -0.25) is 0 Å². The van der Waals surface area contributed by atoms with Gasteiger partial charge in [0.05, 0.1) is 17.1 Å². The van der Waals surface area contributed by atoms with E-state index in [9.17, 15) is 10.1 Å². The molecule has 2 aliphatic rings. The SMILES string of the molecule is CC1OC(n2cc(C#N)c3c(N)ncnc32)[C@@H]2OC(=O)O[C@H]12. The molecule has 2 fully saturated rings. The highest BCUT2D eigenvalue weighted by molar-refractivity contribution is 5.92. The third kappa shape index (κ3) is 1.58. The summed E-state index contributed by atoms with van der Waals surface area (Å²) in [6.07, 6.45) is 0.111. The van der Waals surface area contributed by atoms with Crippen LogP contribution in [-0.2, 0) is 14.2 Å². The molecule has 2 aliphatic heterocycles. The molecular weight excluding hydrogens is 290 g/mol. The van der Waals surface area contributed by atoms with Crippen LogP contribution in [0, 0.1) is 11.3 Å². The Morgan fingerprint density at radius 2 is 2.14 bits per heavy atom. The van der Waals surface area contributed by atoms with Gasteiger partial charge in [0.25, 0.3) is 0 Å². The van der Waals surface area contributed by atoms with Gasteiger partial charge in [-0.05, 0) is 6.92 Å². The second-order valence-corrected chi connectivity index (χ2v) is 5.17. The zero-order chi connectivity index (χ0) is 15.4. The first-order valence-electron chi connectivity index (χ1n) is 6.64. The summed E-state index contributed by atoms with van der Waals surface area (Å²) in [6.45, 7) is 1.79. The number of rotatable bonds is 1. The van der Waals surface area contributed by atoms with Gasteiger partial charge < -0.3 is 24.5 Å². The van der Waals surface area contributed by atoms with Gasteiger partial charge in [0.15, 0.2) is 18.4 Å². The van der Waals surface area contributed by atoms with Crippen LogP contribution in [-0.4, -0.2) is 39.0 Å². The van der Waals surface area contributed by atoms with Crippen molar-refractivity contribution >= 4 is 23.0 Å². The molecule has 0 saturated carbocycles. The molecule has 22 heavy (non-hydrogen) atoms.